The fourth-order valence-corrected chi connectivity index (χ4v) is 4.97. The van der Waals surface area contributed by atoms with Gasteiger partial charge in [0, 0.05) is 18.3 Å². The molecule has 1 saturated heterocycles. The minimum Gasteiger partial charge on any atom is -0.344 e. The van der Waals surface area contributed by atoms with E-state index in [9.17, 15) is 10.1 Å². The summed E-state index contributed by atoms with van der Waals surface area (Å²) in [5.74, 6) is -0.0744. The molecule has 2 atom stereocenters. The van der Waals surface area contributed by atoms with Gasteiger partial charge in [0.25, 0.3) is 0 Å². The largest absolute Gasteiger partial charge is 0.344 e. The Morgan fingerprint density at radius 2 is 1.82 bits per heavy atom. The molecule has 6 nitrogen and oxygen atoms in total. The standard InChI is InChI=1S/C27H24ClN5O/c1-27(23-14-20(9-10-31-23)21-11-16(15-29)12-22(28)13-21)24(25(34)33(2)26(30)32-27)19-7-5-18(6-8-19)17-3-4-17/h5-14,17,24H,3-4H2,1-2H3,(H2,30,32)/t24-,27+/m0/s1. The van der Waals surface area contributed by atoms with Gasteiger partial charge < -0.3 is 5.32 Å². The fraction of sp³-hybridized carbons (Fsp3) is 0.259. The van der Waals surface area contributed by atoms with Gasteiger partial charge in [0.05, 0.1) is 28.8 Å². The number of aromatic nitrogens is 1. The number of benzene rings is 2. The van der Waals surface area contributed by atoms with Crippen molar-refractivity contribution in [3.8, 4) is 17.2 Å². The molecule has 1 amide bonds. The van der Waals surface area contributed by atoms with Gasteiger partial charge in [0.1, 0.15) is 0 Å². The molecule has 2 aromatic carbocycles. The summed E-state index contributed by atoms with van der Waals surface area (Å²) in [5, 5.41) is 21.5. The van der Waals surface area contributed by atoms with Gasteiger partial charge in [-0.05, 0) is 78.3 Å². The zero-order valence-electron chi connectivity index (χ0n) is 19.0. The van der Waals surface area contributed by atoms with Crippen molar-refractivity contribution < 1.29 is 4.79 Å². The van der Waals surface area contributed by atoms with Gasteiger partial charge in [-0.15, -0.1) is 0 Å². The van der Waals surface area contributed by atoms with E-state index in [1.807, 2.05) is 31.2 Å². The van der Waals surface area contributed by atoms with Gasteiger partial charge in [0.15, 0.2) is 5.96 Å². The van der Waals surface area contributed by atoms with Crippen molar-refractivity contribution in [2.45, 2.75) is 37.1 Å². The maximum absolute atomic E-state index is 13.5. The summed E-state index contributed by atoms with van der Waals surface area (Å²) in [6, 6.07) is 19.4. The van der Waals surface area contributed by atoms with Gasteiger partial charge >= 0.3 is 0 Å². The number of hydrogen-bond donors (Lipinski definition) is 2. The van der Waals surface area contributed by atoms with Crippen LogP contribution >= 0.6 is 11.6 Å². The first-order chi connectivity index (χ1) is 16.3. The third-order valence-corrected chi connectivity index (χ3v) is 7.06. The van der Waals surface area contributed by atoms with E-state index in [2.05, 4.69) is 28.5 Å². The van der Waals surface area contributed by atoms with Crippen LogP contribution in [0.1, 0.15) is 54.0 Å². The lowest BCUT2D eigenvalue weighted by atomic mass is 9.75. The summed E-state index contributed by atoms with van der Waals surface area (Å²) in [6.07, 6.45) is 4.12. The van der Waals surface area contributed by atoms with E-state index >= 15 is 0 Å². The Hall–Kier alpha value is -3.69. The number of guanidine groups is 1. The lowest BCUT2D eigenvalue weighted by Gasteiger charge is -2.45. The number of nitrogens with zero attached hydrogens (tertiary/aromatic N) is 3. The fourth-order valence-electron chi connectivity index (χ4n) is 4.73. The maximum atomic E-state index is 13.5. The second-order valence-corrected chi connectivity index (χ2v) is 9.65. The Morgan fingerprint density at radius 3 is 2.50 bits per heavy atom. The highest BCUT2D eigenvalue weighted by atomic mass is 35.5. The van der Waals surface area contributed by atoms with Crippen LogP contribution in [0.25, 0.3) is 11.1 Å². The number of hydrogen-bond acceptors (Lipinski definition) is 4. The molecule has 2 heterocycles. The zero-order valence-corrected chi connectivity index (χ0v) is 19.7. The molecule has 7 heteroatoms. The van der Waals surface area contributed by atoms with Crippen molar-refractivity contribution in [3.05, 3.63) is 88.2 Å². The minimum absolute atomic E-state index is 0.0278. The Labute approximate surface area is 203 Å². The molecule has 2 aliphatic rings. The number of amides is 1. The molecule has 170 valence electrons. The first-order valence-electron chi connectivity index (χ1n) is 11.2. The summed E-state index contributed by atoms with van der Waals surface area (Å²) in [6.45, 7) is 1.91. The Kier molecular flexibility index (Phi) is 5.38. The van der Waals surface area contributed by atoms with E-state index in [1.165, 1.54) is 23.3 Å². The number of carbonyl (C=O) groups is 1. The van der Waals surface area contributed by atoms with Crippen molar-refractivity contribution in [2.24, 2.45) is 0 Å². The monoisotopic (exact) mass is 469 g/mol. The molecule has 34 heavy (non-hydrogen) atoms. The second-order valence-electron chi connectivity index (χ2n) is 9.22. The van der Waals surface area contributed by atoms with Crippen molar-refractivity contribution in [1.29, 1.82) is 10.7 Å². The molecule has 0 spiro atoms. The molecule has 0 radical (unpaired) electrons. The van der Waals surface area contributed by atoms with Crippen LogP contribution in [0.4, 0.5) is 0 Å². The Bertz CT molecular complexity index is 1340. The van der Waals surface area contributed by atoms with Crippen LogP contribution in [0.3, 0.4) is 0 Å². The molecule has 1 aliphatic carbocycles. The highest BCUT2D eigenvalue weighted by Crippen LogP contribution is 2.43. The highest BCUT2D eigenvalue weighted by molar-refractivity contribution is 6.31. The van der Waals surface area contributed by atoms with Gasteiger partial charge in [-0.1, -0.05) is 35.9 Å². The summed E-state index contributed by atoms with van der Waals surface area (Å²) in [4.78, 5) is 19.5. The van der Waals surface area contributed by atoms with E-state index < -0.39 is 11.5 Å². The smallest absolute Gasteiger partial charge is 0.239 e. The van der Waals surface area contributed by atoms with Gasteiger partial charge in [-0.25, -0.2) is 0 Å². The minimum atomic E-state index is -0.950. The maximum Gasteiger partial charge on any atom is 0.239 e. The molecule has 1 aliphatic heterocycles. The Balaban J connectivity index is 1.60. The van der Waals surface area contributed by atoms with Crippen LogP contribution in [0, 0.1) is 16.7 Å². The molecule has 5 rings (SSSR count). The molecular formula is C27H24ClN5O. The quantitative estimate of drug-likeness (QED) is 0.552. The molecule has 0 unspecified atom stereocenters. The van der Waals surface area contributed by atoms with Crippen LogP contribution in [0.5, 0.6) is 0 Å². The third kappa shape index (κ3) is 3.82. The van der Waals surface area contributed by atoms with Gasteiger partial charge in [0.2, 0.25) is 5.91 Å². The lowest BCUT2D eigenvalue weighted by molar-refractivity contribution is -0.131. The second kappa shape index (κ2) is 8.27. The third-order valence-electron chi connectivity index (χ3n) is 6.84. The predicted molar refractivity (Wildman–Crippen MR) is 132 cm³/mol. The summed E-state index contributed by atoms with van der Waals surface area (Å²) >= 11 is 6.23. The average Bonchev–Trinajstić information content (AvgIpc) is 3.68. The topological polar surface area (TPSA) is 92.9 Å². The number of rotatable bonds is 4. The van der Waals surface area contributed by atoms with E-state index in [-0.39, 0.29) is 11.9 Å². The van der Waals surface area contributed by atoms with Crippen LogP contribution in [-0.2, 0) is 10.3 Å². The van der Waals surface area contributed by atoms with Crippen LogP contribution in [0.2, 0.25) is 5.02 Å². The number of halogens is 1. The number of carbonyl (C=O) groups excluding carboxylic acids is 1. The molecule has 1 aromatic heterocycles. The molecule has 0 bridgehead atoms. The number of pyridine rings is 1. The van der Waals surface area contributed by atoms with Crippen LogP contribution in [0.15, 0.2) is 60.8 Å². The summed E-state index contributed by atoms with van der Waals surface area (Å²) in [5.41, 5.74) is 3.95. The number of nitriles is 1. The van der Waals surface area contributed by atoms with E-state index in [1.54, 1.807) is 31.4 Å². The van der Waals surface area contributed by atoms with Gasteiger partial charge in [-0.2, -0.15) is 5.26 Å². The molecule has 3 aromatic rings. The van der Waals surface area contributed by atoms with Crippen LogP contribution < -0.4 is 5.32 Å². The molecular weight excluding hydrogens is 446 g/mol. The van der Waals surface area contributed by atoms with E-state index in [0.717, 1.165) is 16.7 Å². The van der Waals surface area contributed by atoms with E-state index in [4.69, 9.17) is 17.0 Å². The van der Waals surface area contributed by atoms with Crippen LogP contribution in [-0.4, -0.2) is 28.8 Å². The first-order valence-corrected chi connectivity index (χ1v) is 11.6. The normalized spacial score (nSPS) is 22.3. The summed E-state index contributed by atoms with van der Waals surface area (Å²) < 4.78 is 0. The first kappa shape index (κ1) is 22.1. The lowest BCUT2D eigenvalue weighted by Crippen LogP contribution is -2.62. The van der Waals surface area contributed by atoms with E-state index in [0.29, 0.717) is 22.2 Å². The summed E-state index contributed by atoms with van der Waals surface area (Å²) in [7, 11) is 1.61. The number of likely N-dealkylation sites (N-methyl/N-ethyl adjacent to an activating group) is 1. The Morgan fingerprint density at radius 1 is 1.12 bits per heavy atom. The van der Waals surface area contributed by atoms with Crippen molar-refractivity contribution in [2.75, 3.05) is 7.05 Å². The van der Waals surface area contributed by atoms with Crippen molar-refractivity contribution in [3.63, 3.8) is 0 Å². The predicted octanol–water partition coefficient (Wildman–Crippen LogP) is 5.15. The highest BCUT2D eigenvalue weighted by Gasteiger charge is 2.49. The molecule has 1 saturated carbocycles. The SMILES string of the molecule is CN1C(=N)N[C@](C)(c2cc(-c3cc(Cl)cc(C#N)c3)ccn2)[C@@H](c2ccc(C3CC3)cc2)C1=O. The van der Waals surface area contributed by atoms with Crippen molar-refractivity contribution >= 4 is 23.5 Å². The molecule has 2 fully saturated rings. The molecule has 2 N–H and O–H groups in total. The zero-order chi connectivity index (χ0) is 24.0. The van der Waals surface area contributed by atoms with Crippen molar-refractivity contribution in [1.82, 2.24) is 15.2 Å². The average molecular weight is 470 g/mol. The number of nitrogens with one attached hydrogen (secondary N) is 2. The van der Waals surface area contributed by atoms with Gasteiger partial charge in [-0.3, -0.25) is 20.1 Å².